The molecule has 1 saturated carbocycles. The van der Waals surface area contributed by atoms with Crippen LogP contribution in [0.4, 0.5) is 0 Å². The maximum Gasteiger partial charge on any atom is 0.175 e. The van der Waals surface area contributed by atoms with Gasteiger partial charge in [0.15, 0.2) is 11.5 Å². The molecular formula is C15H19BrN2O2. The fourth-order valence-electron chi connectivity index (χ4n) is 1.89. The largest absolute Gasteiger partial charge is 0.493 e. The Morgan fingerprint density at radius 3 is 2.90 bits per heavy atom. The molecule has 1 N–H and O–H groups in total. The van der Waals surface area contributed by atoms with Crippen LogP contribution in [0.25, 0.3) is 0 Å². The third-order valence-electron chi connectivity index (χ3n) is 3.14. The van der Waals surface area contributed by atoms with E-state index in [1.807, 2.05) is 6.07 Å². The van der Waals surface area contributed by atoms with Gasteiger partial charge < -0.3 is 14.8 Å². The molecular weight excluding hydrogens is 320 g/mol. The van der Waals surface area contributed by atoms with Gasteiger partial charge in [0.05, 0.1) is 24.3 Å². The van der Waals surface area contributed by atoms with Gasteiger partial charge in [-0.1, -0.05) is 0 Å². The lowest BCUT2D eigenvalue weighted by atomic mass is 10.2. The molecule has 4 nitrogen and oxygen atoms in total. The minimum atomic E-state index is 0.503. The van der Waals surface area contributed by atoms with Crippen molar-refractivity contribution in [3.63, 3.8) is 0 Å². The standard InChI is InChI=1S/C15H19BrN2O2/c1-19-14-9-11(10-18-12-4-5-12)8-13(16)15(14)20-7-3-2-6-17/h8-9,12,18H,2-5,7,10H2,1H3. The van der Waals surface area contributed by atoms with E-state index in [0.29, 0.717) is 24.8 Å². The molecule has 0 amide bonds. The topological polar surface area (TPSA) is 54.3 Å². The van der Waals surface area contributed by atoms with Crippen LogP contribution < -0.4 is 14.8 Å². The van der Waals surface area contributed by atoms with Gasteiger partial charge in [0.2, 0.25) is 0 Å². The van der Waals surface area contributed by atoms with Crippen molar-refractivity contribution in [3.05, 3.63) is 22.2 Å². The van der Waals surface area contributed by atoms with Crippen molar-refractivity contribution in [2.45, 2.75) is 38.3 Å². The number of nitrogens with zero attached hydrogens (tertiary/aromatic N) is 1. The van der Waals surface area contributed by atoms with E-state index >= 15 is 0 Å². The summed E-state index contributed by atoms with van der Waals surface area (Å²) in [5.74, 6) is 1.43. The Bertz CT molecular complexity index is 495. The first-order chi connectivity index (χ1) is 9.74. The minimum absolute atomic E-state index is 0.503. The van der Waals surface area contributed by atoms with Gasteiger partial charge in [-0.05, 0) is 52.9 Å². The predicted octanol–water partition coefficient (Wildman–Crippen LogP) is 3.39. The van der Waals surface area contributed by atoms with Gasteiger partial charge in [0, 0.05) is 19.0 Å². The highest BCUT2D eigenvalue weighted by Crippen LogP contribution is 2.37. The first-order valence-corrected chi connectivity index (χ1v) is 7.63. The van der Waals surface area contributed by atoms with E-state index in [2.05, 4.69) is 33.4 Å². The number of hydrogen-bond donors (Lipinski definition) is 1. The number of hydrogen-bond acceptors (Lipinski definition) is 4. The molecule has 20 heavy (non-hydrogen) atoms. The number of nitrogens with one attached hydrogen (secondary N) is 1. The first kappa shape index (κ1) is 15.1. The molecule has 2 rings (SSSR count). The number of ether oxygens (including phenoxy) is 2. The van der Waals surface area contributed by atoms with Crippen molar-refractivity contribution in [1.82, 2.24) is 5.32 Å². The van der Waals surface area contributed by atoms with Crippen molar-refractivity contribution in [2.75, 3.05) is 13.7 Å². The van der Waals surface area contributed by atoms with Gasteiger partial charge in [0.1, 0.15) is 0 Å². The van der Waals surface area contributed by atoms with E-state index in [0.717, 1.165) is 23.2 Å². The molecule has 0 bridgehead atoms. The molecule has 1 aliphatic rings. The van der Waals surface area contributed by atoms with E-state index < -0.39 is 0 Å². The SMILES string of the molecule is COc1cc(CNC2CC2)cc(Br)c1OCCCC#N. The molecule has 1 aliphatic carbocycles. The van der Waals surface area contributed by atoms with Crippen LogP contribution in [0.5, 0.6) is 11.5 Å². The van der Waals surface area contributed by atoms with Crippen molar-refractivity contribution >= 4 is 15.9 Å². The zero-order valence-corrected chi connectivity index (χ0v) is 13.2. The summed E-state index contributed by atoms with van der Waals surface area (Å²) in [7, 11) is 1.64. The monoisotopic (exact) mass is 338 g/mol. The summed E-state index contributed by atoms with van der Waals surface area (Å²) in [6.45, 7) is 1.36. The summed E-state index contributed by atoms with van der Waals surface area (Å²) in [5.41, 5.74) is 1.17. The Kier molecular flexibility index (Phi) is 5.69. The van der Waals surface area contributed by atoms with E-state index in [4.69, 9.17) is 14.7 Å². The molecule has 0 atom stereocenters. The average molecular weight is 339 g/mol. The zero-order chi connectivity index (χ0) is 14.4. The highest BCUT2D eigenvalue weighted by atomic mass is 79.9. The van der Waals surface area contributed by atoms with E-state index in [-0.39, 0.29) is 0 Å². The Morgan fingerprint density at radius 1 is 1.45 bits per heavy atom. The van der Waals surface area contributed by atoms with Crippen LogP contribution in [0.15, 0.2) is 16.6 Å². The van der Waals surface area contributed by atoms with Crippen molar-refractivity contribution in [3.8, 4) is 17.6 Å². The number of halogens is 1. The van der Waals surface area contributed by atoms with E-state index in [9.17, 15) is 0 Å². The molecule has 1 aromatic carbocycles. The van der Waals surface area contributed by atoms with Crippen molar-refractivity contribution in [1.29, 1.82) is 5.26 Å². The zero-order valence-electron chi connectivity index (χ0n) is 11.6. The van der Waals surface area contributed by atoms with E-state index in [1.165, 1.54) is 18.4 Å². The second-order valence-electron chi connectivity index (χ2n) is 4.87. The number of rotatable bonds is 8. The second kappa shape index (κ2) is 7.51. The second-order valence-corrected chi connectivity index (χ2v) is 5.73. The van der Waals surface area contributed by atoms with Crippen molar-refractivity contribution in [2.24, 2.45) is 0 Å². The maximum atomic E-state index is 8.52. The molecule has 0 heterocycles. The van der Waals surface area contributed by atoms with Gasteiger partial charge in [-0.2, -0.15) is 5.26 Å². The van der Waals surface area contributed by atoms with Crippen molar-refractivity contribution < 1.29 is 9.47 Å². The summed E-state index contributed by atoms with van der Waals surface area (Å²) in [6, 6.07) is 6.84. The Balaban J connectivity index is 2.00. The van der Waals surface area contributed by atoms with Crippen LogP contribution in [-0.2, 0) is 6.54 Å². The summed E-state index contributed by atoms with van der Waals surface area (Å²) in [4.78, 5) is 0. The summed E-state index contributed by atoms with van der Waals surface area (Å²) in [6.07, 6.45) is 3.77. The third kappa shape index (κ3) is 4.39. The van der Waals surface area contributed by atoms with E-state index in [1.54, 1.807) is 7.11 Å². The molecule has 5 heteroatoms. The Labute approximate surface area is 128 Å². The van der Waals surface area contributed by atoms with Gasteiger partial charge in [-0.25, -0.2) is 0 Å². The molecule has 0 aliphatic heterocycles. The molecule has 1 aromatic rings. The summed E-state index contributed by atoms with van der Waals surface area (Å²) >= 11 is 3.53. The highest BCUT2D eigenvalue weighted by Gasteiger charge is 2.20. The van der Waals surface area contributed by atoms with Gasteiger partial charge in [-0.15, -0.1) is 0 Å². The fraction of sp³-hybridized carbons (Fsp3) is 0.533. The molecule has 0 spiro atoms. The quantitative estimate of drug-likeness (QED) is 0.738. The highest BCUT2D eigenvalue weighted by molar-refractivity contribution is 9.10. The summed E-state index contributed by atoms with van der Waals surface area (Å²) in [5, 5.41) is 12.0. The third-order valence-corrected chi connectivity index (χ3v) is 3.73. The summed E-state index contributed by atoms with van der Waals surface area (Å²) < 4.78 is 12.0. The lowest BCUT2D eigenvalue weighted by molar-refractivity contribution is 0.288. The Hall–Kier alpha value is -1.25. The van der Waals surface area contributed by atoms with Crippen LogP contribution in [0.1, 0.15) is 31.2 Å². The van der Waals surface area contributed by atoms with Crippen LogP contribution >= 0.6 is 15.9 Å². The first-order valence-electron chi connectivity index (χ1n) is 6.84. The normalized spacial score (nSPS) is 13.8. The number of methoxy groups -OCH3 is 1. The molecule has 1 fully saturated rings. The molecule has 108 valence electrons. The predicted molar refractivity (Wildman–Crippen MR) is 80.9 cm³/mol. The lowest BCUT2D eigenvalue weighted by Crippen LogP contribution is -2.15. The van der Waals surface area contributed by atoms with Gasteiger partial charge in [-0.3, -0.25) is 0 Å². The fourth-order valence-corrected chi connectivity index (χ4v) is 2.49. The number of unbranched alkanes of at least 4 members (excludes halogenated alkanes) is 1. The molecule has 0 aromatic heterocycles. The molecule has 0 radical (unpaired) electrons. The van der Waals surface area contributed by atoms with Crippen LogP contribution in [-0.4, -0.2) is 19.8 Å². The van der Waals surface area contributed by atoms with Crippen LogP contribution in [0.2, 0.25) is 0 Å². The van der Waals surface area contributed by atoms with Gasteiger partial charge in [0.25, 0.3) is 0 Å². The molecule has 0 saturated heterocycles. The van der Waals surface area contributed by atoms with Crippen LogP contribution in [0, 0.1) is 11.3 Å². The smallest absolute Gasteiger partial charge is 0.175 e. The van der Waals surface area contributed by atoms with Gasteiger partial charge >= 0.3 is 0 Å². The lowest BCUT2D eigenvalue weighted by Gasteiger charge is -2.14. The van der Waals surface area contributed by atoms with Crippen LogP contribution in [0.3, 0.4) is 0 Å². The maximum absolute atomic E-state index is 8.52. The Morgan fingerprint density at radius 2 is 2.25 bits per heavy atom. The molecule has 0 unspecified atom stereocenters. The average Bonchev–Trinajstić information content (AvgIpc) is 3.26. The minimum Gasteiger partial charge on any atom is -0.493 e. The number of benzene rings is 1. The number of nitriles is 1.